The fourth-order valence-electron chi connectivity index (χ4n) is 13.5. The number of hydrogen-bond acceptors (Lipinski definition) is 3. The summed E-state index contributed by atoms with van der Waals surface area (Å²) in [6.45, 7) is 19.7. The Bertz CT molecular complexity index is 3620. The van der Waals surface area contributed by atoms with Crippen LogP contribution in [-0.2, 0) is 21.7 Å². The molecule has 0 fully saturated rings. The van der Waals surface area contributed by atoms with Crippen molar-refractivity contribution in [3.63, 3.8) is 0 Å². The summed E-state index contributed by atoms with van der Waals surface area (Å²) in [7, 11) is 0. The van der Waals surface area contributed by atoms with Crippen LogP contribution < -0.4 is 20.6 Å². The number of furan rings is 1. The quantitative estimate of drug-likeness (QED) is 0.162. The zero-order valence-corrected chi connectivity index (χ0v) is 39.2. The molecule has 9 aromatic rings. The van der Waals surface area contributed by atoms with Crippen LogP contribution in [0.5, 0.6) is 0 Å². The van der Waals surface area contributed by atoms with Crippen molar-refractivity contribution < 1.29 is 4.42 Å². The van der Waals surface area contributed by atoms with Gasteiger partial charge in [0, 0.05) is 44.2 Å². The lowest BCUT2D eigenvalue weighted by molar-refractivity contribution is 0.331. The lowest BCUT2D eigenvalue weighted by Gasteiger charge is -2.52. The molecule has 4 heterocycles. The highest BCUT2D eigenvalue weighted by Crippen LogP contribution is 2.62. The van der Waals surface area contributed by atoms with Gasteiger partial charge in [-0.05, 0) is 132 Å². The molecule has 0 saturated carbocycles. The topological polar surface area (TPSA) is 19.6 Å². The van der Waals surface area contributed by atoms with Crippen LogP contribution in [0.15, 0.2) is 156 Å². The Kier molecular flexibility index (Phi) is 7.32. The molecular formula is C62H53BN2O. The summed E-state index contributed by atoms with van der Waals surface area (Å²) < 4.78 is 7.01. The van der Waals surface area contributed by atoms with Crippen LogP contribution in [0.4, 0.5) is 28.4 Å². The molecule has 0 atom stereocenters. The predicted octanol–water partition coefficient (Wildman–Crippen LogP) is 15.3. The van der Waals surface area contributed by atoms with E-state index in [4.69, 9.17) is 4.42 Å². The van der Waals surface area contributed by atoms with Crippen molar-refractivity contribution in [1.29, 1.82) is 0 Å². The van der Waals surface area contributed by atoms with Crippen molar-refractivity contribution in [2.75, 3.05) is 9.71 Å². The van der Waals surface area contributed by atoms with Crippen LogP contribution in [0.3, 0.4) is 0 Å². The minimum Gasteiger partial charge on any atom is -0.454 e. The largest absolute Gasteiger partial charge is 0.454 e. The van der Waals surface area contributed by atoms with E-state index in [1.54, 1.807) is 0 Å². The summed E-state index contributed by atoms with van der Waals surface area (Å²) in [6, 6.07) is 57.7. The third-order valence-electron chi connectivity index (χ3n) is 17.0. The van der Waals surface area contributed by atoms with Crippen LogP contribution in [0.1, 0.15) is 102 Å². The maximum atomic E-state index is 7.01. The number of para-hydroxylation sites is 3. The second-order valence-corrected chi connectivity index (χ2v) is 22.3. The normalized spacial score (nSPS) is 18.0. The lowest BCUT2D eigenvalue weighted by atomic mass is 9.42. The van der Waals surface area contributed by atoms with E-state index in [0.29, 0.717) is 0 Å². The summed E-state index contributed by atoms with van der Waals surface area (Å²) in [5.41, 5.74) is 26.7. The summed E-state index contributed by atoms with van der Waals surface area (Å²) >= 11 is 0. The molecule has 0 amide bonds. The first-order valence-electron chi connectivity index (χ1n) is 24.1. The van der Waals surface area contributed by atoms with Gasteiger partial charge in [-0.1, -0.05) is 171 Å². The second-order valence-electron chi connectivity index (χ2n) is 22.3. The Hall–Kier alpha value is -6.78. The smallest absolute Gasteiger partial charge is 0.333 e. The van der Waals surface area contributed by atoms with E-state index >= 15 is 0 Å². The standard InChI is InChI=1S/C62H53BN2O/c1-59(2)30-31-60(3,4)47-35-52-48(34-46(47)59)61(5,6)45-24-17-25-49-56(45)64(52)57-54-42(38-20-12-14-23-44(38)62(54,7)8)33-43-41-32-37(36-18-10-9-11-19-36)28-29-50(41)65(63(49)55(43)57)51-26-16-22-40-39-21-13-15-27-53(39)66-58(40)51/h9-29,32-35H,30-31H2,1-8H3. The molecule has 2 aliphatic carbocycles. The Morgan fingerprint density at radius 1 is 0.455 bits per heavy atom. The van der Waals surface area contributed by atoms with Crippen molar-refractivity contribution in [2.45, 2.75) is 89.9 Å². The number of fused-ring (bicyclic) bond motifs is 14. The summed E-state index contributed by atoms with van der Waals surface area (Å²) in [5, 5.41) is 2.28. The average molecular weight is 853 g/mol. The minimum atomic E-state index is -0.272. The molecule has 0 saturated heterocycles. The van der Waals surface area contributed by atoms with Crippen molar-refractivity contribution in [2.24, 2.45) is 0 Å². The summed E-state index contributed by atoms with van der Waals surface area (Å²) in [5.74, 6) is 0. The zero-order chi connectivity index (χ0) is 44.8. The third-order valence-corrected chi connectivity index (χ3v) is 17.0. The predicted molar refractivity (Wildman–Crippen MR) is 278 cm³/mol. The van der Waals surface area contributed by atoms with E-state index in [1.165, 1.54) is 113 Å². The van der Waals surface area contributed by atoms with Crippen molar-refractivity contribution in [1.82, 2.24) is 0 Å². The second kappa shape index (κ2) is 12.6. The van der Waals surface area contributed by atoms with Gasteiger partial charge in [0.15, 0.2) is 5.58 Å². The average Bonchev–Trinajstić information content (AvgIpc) is 3.82. The first kappa shape index (κ1) is 38.5. The molecule has 1 aromatic heterocycles. The lowest BCUT2D eigenvalue weighted by Crippen LogP contribution is -2.63. The van der Waals surface area contributed by atoms with Gasteiger partial charge in [-0.2, -0.15) is 0 Å². The minimum absolute atomic E-state index is 0.0462. The Labute approximate surface area is 388 Å². The van der Waals surface area contributed by atoms with Gasteiger partial charge >= 0.3 is 6.85 Å². The van der Waals surface area contributed by atoms with Gasteiger partial charge in [0.1, 0.15) is 5.58 Å². The molecule has 3 nitrogen and oxygen atoms in total. The third kappa shape index (κ3) is 4.75. The Balaban J connectivity index is 1.17. The van der Waals surface area contributed by atoms with Crippen LogP contribution in [-0.4, -0.2) is 6.85 Å². The van der Waals surface area contributed by atoms with Gasteiger partial charge in [0.25, 0.3) is 0 Å². The monoisotopic (exact) mass is 852 g/mol. The van der Waals surface area contributed by atoms with Crippen LogP contribution in [0.2, 0.25) is 0 Å². The molecular weight excluding hydrogens is 800 g/mol. The highest BCUT2D eigenvalue weighted by atomic mass is 16.3. The first-order chi connectivity index (χ1) is 31.8. The van der Waals surface area contributed by atoms with Crippen LogP contribution in [0.25, 0.3) is 55.3 Å². The number of nitrogens with zero attached hydrogens (tertiary/aromatic N) is 2. The SMILES string of the molecule is CC1(C)CCC(C)(C)c2cc3c(cc21)N1c2c(cccc2C3(C)C)B2c3c(cc4c(c31)C(C)(C)c1ccccc1-4)-c1cc(-c3ccccc3)ccc1N2c1cccc2c1oc1ccccc12. The van der Waals surface area contributed by atoms with Crippen LogP contribution >= 0.6 is 0 Å². The van der Waals surface area contributed by atoms with Gasteiger partial charge in [-0.25, -0.2) is 0 Å². The molecule has 5 aliphatic rings. The maximum absolute atomic E-state index is 7.01. The molecule has 4 heteroatoms. The molecule has 66 heavy (non-hydrogen) atoms. The number of rotatable bonds is 2. The molecule has 8 aromatic carbocycles. The Morgan fingerprint density at radius 3 is 1.97 bits per heavy atom. The summed E-state index contributed by atoms with van der Waals surface area (Å²) in [4.78, 5) is 5.45. The van der Waals surface area contributed by atoms with Gasteiger partial charge < -0.3 is 14.1 Å². The molecule has 0 bridgehead atoms. The molecule has 320 valence electrons. The molecule has 0 N–H and O–H groups in total. The van der Waals surface area contributed by atoms with Crippen LogP contribution in [0, 0.1) is 0 Å². The number of hydrogen-bond donors (Lipinski definition) is 0. The van der Waals surface area contributed by atoms with E-state index < -0.39 is 0 Å². The van der Waals surface area contributed by atoms with Crippen molar-refractivity contribution in [3.05, 3.63) is 185 Å². The van der Waals surface area contributed by atoms with Crippen molar-refractivity contribution >= 4 is 68.1 Å². The zero-order valence-electron chi connectivity index (χ0n) is 39.2. The van der Waals surface area contributed by atoms with E-state index in [2.05, 4.69) is 217 Å². The Morgan fingerprint density at radius 2 is 1.15 bits per heavy atom. The fraction of sp³-hybridized carbons (Fsp3) is 0.226. The van der Waals surface area contributed by atoms with Gasteiger partial charge in [0.2, 0.25) is 0 Å². The fourth-order valence-corrected chi connectivity index (χ4v) is 13.5. The van der Waals surface area contributed by atoms with E-state index in [1.807, 2.05) is 0 Å². The molecule has 0 spiro atoms. The molecule has 14 rings (SSSR count). The highest BCUT2D eigenvalue weighted by molar-refractivity contribution is 6.94. The first-order valence-corrected chi connectivity index (χ1v) is 24.1. The number of benzene rings is 8. The number of anilines is 5. The van der Waals surface area contributed by atoms with Crippen molar-refractivity contribution in [3.8, 4) is 33.4 Å². The van der Waals surface area contributed by atoms with E-state index in [0.717, 1.165) is 27.6 Å². The van der Waals surface area contributed by atoms with Gasteiger partial charge in [0.05, 0.1) is 11.4 Å². The van der Waals surface area contributed by atoms with Gasteiger partial charge in [-0.3, -0.25) is 0 Å². The van der Waals surface area contributed by atoms with E-state index in [-0.39, 0.29) is 28.5 Å². The molecule has 0 radical (unpaired) electrons. The van der Waals surface area contributed by atoms with E-state index in [9.17, 15) is 0 Å². The summed E-state index contributed by atoms with van der Waals surface area (Å²) in [6.07, 6.45) is 2.35. The highest BCUT2D eigenvalue weighted by Gasteiger charge is 2.54. The molecule has 3 aliphatic heterocycles. The van der Waals surface area contributed by atoms with Gasteiger partial charge in [-0.15, -0.1) is 0 Å². The maximum Gasteiger partial charge on any atom is 0.333 e. The molecule has 0 unspecified atom stereocenters.